The molecule has 1 nitrogen and oxygen atoms in total. The van der Waals surface area contributed by atoms with E-state index in [0.29, 0.717) is 11.3 Å². The van der Waals surface area contributed by atoms with Crippen molar-refractivity contribution in [2.45, 2.75) is 66.4 Å². The smallest absolute Gasteiger partial charge is 0.0751 e. The first-order valence-electron chi connectivity index (χ1n) is 6.64. The second-order valence-corrected chi connectivity index (χ2v) is 6.71. The quantitative estimate of drug-likeness (QED) is 0.698. The molecule has 1 atom stereocenters. The average molecular weight is 224 g/mol. The highest BCUT2D eigenvalue weighted by Crippen LogP contribution is 2.40. The van der Waals surface area contributed by atoms with Gasteiger partial charge in [-0.25, -0.2) is 0 Å². The molecule has 1 fully saturated rings. The van der Waals surface area contributed by atoms with Crippen molar-refractivity contribution in [2.75, 3.05) is 0 Å². The maximum absolute atomic E-state index is 10.1. The van der Waals surface area contributed by atoms with Gasteiger partial charge in [-0.2, -0.15) is 0 Å². The first-order valence-corrected chi connectivity index (χ1v) is 6.64. The predicted octanol–water partition coefficient (Wildman–Crippen LogP) is 4.17. The van der Waals surface area contributed by atoms with E-state index in [0.717, 1.165) is 5.92 Å². The third kappa shape index (κ3) is 3.93. The van der Waals surface area contributed by atoms with Crippen molar-refractivity contribution < 1.29 is 5.11 Å². The molecule has 16 heavy (non-hydrogen) atoms. The van der Waals surface area contributed by atoms with Gasteiger partial charge in [0.25, 0.3) is 0 Å². The summed E-state index contributed by atoms with van der Waals surface area (Å²) < 4.78 is 0. The zero-order chi connectivity index (χ0) is 12.3. The van der Waals surface area contributed by atoms with Crippen LogP contribution >= 0.6 is 0 Å². The molecular weight excluding hydrogens is 196 g/mol. The minimum Gasteiger partial charge on any atom is -0.389 e. The second kappa shape index (κ2) is 5.35. The third-order valence-corrected chi connectivity index (χ3v) is 3.98. The van der Waals surface area contributed by atoms with Crippen molar-refractivity contribution in [3.63, 3.8) is 0 Å². The van der Waals surface area contributed by atoms with Crippen molar-refractivity contribution in [3.05, 3.63) is 11.6 Å². The summed E-state index contributed by atoms with van der Waals surface area (Å²) in [6.45, 7) is 11.1. The molecule has 0 aromatic carbocycles. The van der Waals surface area contributed by atoms with E-state index in [1.165, 1.54) is 31.3 Å². The Morgan fingerprint density at radius 1 is 1.12 bits per heavy atom. The zero-order valence-corrected chi connectivity index (χ0v) is 11.6. The normalized spacial score (nSPS) is 28.6. The van der Waals surface area contributed by atoms with Crippen LogP contribution in [0.3, 0.4) is 0 Å². The summed E-state index contributed by atoms with van der Waals surface area (Å²) in [7, 11) is 0. The van der Waals surface area contributed by atoms with Crippen molar-refractivity contribution in [1.29, 1.82) is 0 Å². The van der Waals surface area contributed by atoms with E-state index in [1.54, 1.807) is 0 Å². The lowest BCUT2D eigenvalue weighted by molar-refractivity contribution is 0.0798. The summed E-state index contributed by atoms with van der Waals surface area (Å²) >= 11 is 0. The summed E-state index contributed by atoms with van der Waals surface area (Å²) in [6.07, 6.45) is 6.73. The summed E-state index contributed by atoms with van der Waals surface area (Å²) in [5, 5.41) is 10.1. The van der Waals surface area contributed by atoms with Gasteiger partial charge in [0.15, 0.2) is 0 Å². The summed E-state index contributed by atoms with van der Waals surface area (Å²) in [4.78, 5) is 0. The van der Waals surface area contributed by atoms with Crippen molar-refractivity contribution in [2.24, 2.45) is 17.3 Å². The van der Waals surface area contributed by atoms with E-state index in [2.05, 4.69) is 34.6 Å². The Labute approximate surface area is 101 Å². The first-order chi connectivity index (χ1) is 7.30. The number of aliphatic hydroxyl groups excluding tert-OH is 1. The molecule has 0 aromatic heterocycles. The maximum atomic E-state index is 10.1. The van der Waals surface area contributed by atoms with E-state index in [4.69, 9.17) is 0 Å². The fraction of sp³-hybridized carbons (Fsp3) is 0.867. The van der Waals surface area contributed by atoms with Gasteiger partial charge in [-0.1, -0.05) is 32.4 Å². The number of allylic oxidation sites excluding steroid dienone is 1. The Morgan fingerprint density at radius 2 is 1.62 bits per heavy atom. The van der Waals surface area contributed by atoms with Crippen LogP contribution in [0.1, 0.15) is 60.3 Å². The topological polar surface area (TPSA) is 20.2 Å². The molecule has 94 valence electrons. The lowest BCUT2D eigenvalue weighted by Crippen LogP contribution is -2.30. The molecule has 0 saturated heterocycles. The molecule has 1 aliphatic carbocycles. The maximum Gasteiger partial charge on any atom is 0.0751 e. The number of hydrogen-bond acceptors (Lipinski definition) is 1. The van der Waals surface area contributed by atoms with Gasteiger partial charge in [0.05, 0.1) is 6.10 Å². The number of rotatable bonds is 2. The van der Waals surface area contributed by atoms with Crippen LogP contribution < -0.4 is 0 Å². The summed E-state index contributed by atoms with van der Waals surface area (Å²) in [5.41, 5.74) is 1.66. The molecular formula is C15H28O. The highest BCUT2D eigenvalue weighted by Gasteiger charge is 2.31. The standard InChI is InChI=1S/C15H28O/c1-11(2)10-14(16)12-6-8-13(9-7-12)15(3,4)5/h10,12-14,16H,6-9H2,1-5H3. The van der Waals surface area contributed by atoms with Gasteiger partial charge in [-0.05, 0) is 56.8 Å². The van der Waals surface area contributed by atoms with Gasteiger partial charge in [0.1, 0.15) is 0 Å². The molecule has 0 radical (unpaired) electrons. The summed E-state index contributed by atoms with van der Waals surface area (Å²) in [6, 6.07) is 0. The van der Waals surface area contributed by atoms with Crippen molar-refractivity contribution in [3.8, 4) is 0 Å². The van der Waals surface area contributed by atoms with Crippen LogP contribution in [-0.2, 0) is 0 Å². The average Bonchev–Trinajstić information content (AvgIpc) is 2.15. The van der Waals surface area contributed by atoms with E-state index in [1.807, 2.05) is 6.08 Å². The fourth-order valence-corrected chi connectivity index (χ4v) is 2.80. The molecule has 1 rings (SSSR count). The van der Waals surface area contributed by atoms with Crippen molar-refractivity contribution >= 4 is 0 Å². The third-order valence-electron chi connectivity index (χ3n) is 3.98. The van der Waals surface area contributed by atoms with Crippen LogP contribution in [0, 0.1) is 17.3 Å². The molecule has 1 saturated carbocycles. The molecule has 0 spiro atoms. The highest BCUT2D eigenvalue weighted by molar-refractivity contribution is 5.00. The Bertz CT molecular complexity index is 235. The molecule has 0 amide bonds. The zero-order valence-electron chi connectivity index (χ0n) is 11.6. The van der Waals surface area contributed by atoms with Gasteiger partial charge in [-0.3, -0.25) is 0 Å². The van der Waals surface area contributed by atoms with Crippen LogP contribution in [-0.4, -0.2) is 11.2 Å². The molecule has 0 aliphatic heterocycles. The Morgan fingerprint density at radius 3 is 2.00 bits per heavy atom. The molecule has 1 aliphatic rings. The predicted molar refractivity (Wildman–Crippen MR) is 70.3 cm³/mol. The van der Waals surface area contributed by atoms with E-state index in [-0.39, 0.29) is 6.10 Å². The van der Waals surface area contributed by atoms with Gasteiger partial charge >= 0.3 is 0 Å². The van der Waals surface area contributed by atoms with E-state index >= 15 is 0 Å². The highest BCUT2D eigenvalue weighted by atomic mass is 16.3. The molecule has 1 unspecified atom stereocenters. The Kier molecular flexibility index (Phi) is 4.61. The van der Waals surface area contributed by atoms with Gasteiger partial charge in [0.2, 0.25) is 0 Å². The largest absolute Gasteiger partial charge is 0.389 e. The van der Waals surface area contributed by atoms with Gasteiger partial charge in [0, 0.05) is 0 Å². The molecule has 0 heterocycles. The van der Waals surface area contributed by atoms with E-state index < -0.39 is 0 Å². The minimum atomic E-state index is -0.217. The Hall–Kier alpha value is -0.300. The SMILES string of the molecule is CC(C)=CC(O)C1CCC(C(C)(C)C)CC1. The minimum absolute atomic E-state index is 0.217. The molecule has 1 N–H and O–H groups in total. The number of aliphatic hydroxyl groups is 1. The van der Waals surface area contributed by atoms with Crippen LogP contribution in [0.15, 0.2) is 11.6 Å². The summed E-state index contributed by atoms with van der Waals surface area (Å²) in [5.74, 6) is 1.33. The molecule has 1 heteroatoms. The van der Waals surface area contributed by atoms with Crippen LogP contribution in [0.4, 0.5) is 0 Å². The fourth-order valence-electron chi connectivity index (χ4n) is 2.80. The van der Waals surface area contributed by atoms with Crippen LogP contribution in [0.2, 0.25) is 0 Å². The van der Waals surface area contributed by atoms with Crippen LogP contribution in [0.5, 0.6) is 0 Å². The van der Waals surface area contributed by atoms with Crippen molar-refractivity contribution in [1.82, 2.24) is 0 Å². The second-order valence-electron chi connectivity index (χ2n) is 6.71. The lowest BCUT2D eigenvalue weighted by Gasteiger charge is -2.38. The van der Waals surface area contributed by atoms with Gasteiger partial charge < -0.3 is 5.11 Å². The van der Waals surface area contributed by atoms with E-state index in [9.17, 15) is 5.11 Å². The molecule has 0 bridgehead atoms. The number of hydrogen-bond donors (Lipinski definition) is 1. The monoisotopic (exact) mass is 224 g/mol. The lowest BCUT2D eigenvalue weighted by atomic mass is 9.69. The Balaban J connectivity index is 2.46. The molecule has 0 aromatic rings. The first kappa shape index (κ1) is 13.8. The van der Waals surface area contributed by atoms with Crippen LogP contribution in [0.25, 0.3) is 0 Å². The van der Waals surface area contributed by atoms with Gasteiger partial charge in [-0.15, -0.1) is 0 Å².